The molecule has 5 rings (SSSR count). The maximum Gasteiger partial charge on any atom is 0.308 e. The number of benzene rings is 1. The van der Waals surface area contributed by atoms with Crippen molar-refractivity contribution in [3.05, 3.63) is 17.7 Å². The number of methoxy groups -OCH3 is 2. The molecule has 0 aromatic heterocycles. The lowest BCUT2D eigenvalue weighted by Gasteiger charge is -2.56. The third-order valence-electron chi connectivity index (χ3n) is 6.83. The zero-order valence-corrected chi connectivity index (χ0v) is 17.9. The highest BCUT2D eigenvalue weighted by Gasteiger charge is 2.51. The number of amides is 1. The van der Waals surface area contributed by atoms with E-state index in [0.29, 0.717) is 23.5 Å². The minimum Gasteiger partial charge on any atom is -0.493 e. The van der Waals surface area contributed by atoms with Crippen LogP contribution in [0.15, 0.2) is 17.2 Å². The topological polar surface area (TPSA) is 86.2 Å². The van der Waals surface area contributed by atoms with Gasteiger partial charge < -0.3 is 14.2 Å². The molecule has 4 aliphatic carbocycles. The van der Waals surface area contributed by atoms with Gasteiger partial charge in [0.05, 0.1) is 20.4 Å². The third-order valence-corrected chi connectivity index (χ3v) is 6.83. The summed E-state index contributed by atoms with van der Waals surface area (Å²) in [6, 6.07) is 3.35. The summed E-state index contributed by atoms with van der Waals surface area (Å²) in [5, 5.41) is 4.14. The van der Waals surface area contributed by atoms with Crippen LogP contribution in [0.2, 0.25) is 0 Å². The molecule has 7 nitrogen and oxygen atoms in total. The average Bonchev–Trinajstić information content (AvgIpc) is 2.66. The maximum atomic E-state index is 12.6. The van der Waals surface area contributed by atoms with Gasteiger partial charge in [-0.25, -0.2) is 5.43 Å². The maximum absolute atomic E-state index is 12.6. The second-order valence-electron chi connectivity index (χ2n) is 9.24. The Morgan fingerprint density at radius 2 is 1.60 bits per heavy atom. The minimum atomic E-state index is -0.468. The first kappa shape index (κ1) is 20.7. The molecule has 0 atom stereocenters. The van der Waals surface area contributed by atoms with Crippen molar-refractivity contribution in [3.8, 4) is 17.2 Å². The predicted octanol–water partition coefficient (Wildman–Crippen LogP) is 3.69. The fourth-order valence-electron chi connectivity index (χ4n) is 6.28. The average molecular weight is 415 g/mol. The summed E-state index contributed by atoms with van der Waals surface area (Å²) in [5.41, 5.74) is 3.54. The first-order chi connectivity index (χ1) is 14.4. The highest BCUT2D eigenvalue weighted by molar-refractivity contribution is 5.85. The van der Waals surface area contributed by atoms with E-state index in [4.69, 9.17) is 14.2 Å². The predicted molar refractivity (Wildman–Crippen MR) is 112 cm³/mol. The van der Waals surface area contributed by atoms with Gasteiger partial charge >= 0.3 is 5.97 Å². The number of carbonyl (C=O) groups is 2. The molecule has 1 amide bonds. The summed E-state index contributed by atoms with van der Waals surface area (Å²) in [6.07, 6.45) is 9.79. The molecule has 0 saturated heterocycles. The molecule has 0 unspecified atom stereocenters. The summed E-state index contributed by atoms with van der Waals surface area (Å²) in [6.45, 7) is 1.31. The largest absolute Gasteiger partial charge is 0.493 e. The second-order valence-corrected chi connectivity index (χ2v) is 9.24. The molecule has 1 N–H and O–H groups in total. The van der Waals surface area contributed by atoms with Crippen molar-refractivity contribution < 1.29 is 23.8 Å². The van der Waals surface area contributed by atoms with E-state index in [1.165, 1.54) is 59.7 Å². The van der Waals surface area contributed by atoms with Gasteiger partial charge in [-0.05, 0) is 73.8 Å². The van der Waals surface area contributed by atoms with Crippen molar-refractivity contribution in [3.63, 3.8) is 0 Å². The second kappa shape index (κ2) is 8.28. The molecule has 1 aromatic rings. The monoisotopic (exact) mass is 414 g/mol. The number of hydrogen-bond donors (Lipinski definition) is 1. The zero-order valence-electron chi connectivity index (χ0n) is 17.9. The van der Waals surface area contributed by atoms with Gasteiger partial charge in [0.25, 0.3) is 0 Å². The molecular weight excluding hydrogens is 384 g/mol. The molecule has 162 valence electrons. The Balaban J connectivity index is 1.40. The standard InChI is InChI=1S/C23H30N2O5/c1-14(26)30-22-19(28-2)7-18(8-20(22)29-3)13-24-25-21(27)12-23-9-15-4-16(10-23)6-17(5-15)11-23/h7-8,13,15-17H,4-6,9-12H2,1-3H3,(H,25,27)/b24-13-. The highest BCUT2D eigenvalue weighted by Crippen LogP contribution is 2.61. The van der Waals surface area contributed by atoms with Gasteiger partial charge in [0.2, 0.25) is 11.7 Å². The SMILES string of the molecule is COc1cc(/C=N\NC(=O)CC23CC4CC(CC(C4)C2)C3)cc(OC)c1OC(C)=O. The number of hydrazone groups is 1. The summed E-state index contributed by atoms with van der Waals surface area (Å²) in [5.74, 6) is 2.90. The quantitative estimate of drug-likeness (QED) is 0.318. The molecular formula is C23H30N2O5. The van der Waals surface area contributed by atoms with Crippen LogP contribution in [0.5, 0.6) is 17.2 Å². The first-order valence-corrected chi connectivity index (χ1v) is 10.7. The van der Waals surface area contributed by atoms with E-state index in [2.05, 4.69) is 10.5 Å². The van der Waals surface area contributed by atoms with Crippen LogP contribution < -0.4 is 19.6 Å². The van der Waals surface area contributed by atoms with Crippen molar-refractivity contribution in [2.45, 2.75) is 51.9 Å². The Kier molecular flexibility index (Phi) is 5.71. The Bertz CT molecular complexity index is 803. The number of nitrogens with one attached hydrogen (secondary N) is 1. The van der Waals surface area contributed by atoms with E-state index in [0.717, 1.165) is 17.8 Å². The van der Waals surface area contributed by atoms with Crippen LogP contribution in [0.4, 0.5) is 0 Å². The first-order valence-electron chi connectivity index (χ1n) is 10.7. The van der Waals surface area contributed by atoms with Crippen LogP contribution in [-0.4, -0.2) is 32.3 Å². The Morgan fingerprint density at radius 1 is 1.07 bits per heavy atom. The molecule has 0 aliphatic heterocycles. The lowest BCUT2D eigenvalue weighted by molar-refractivity contribution is -0.132. The molecule has 4 fully saturated rings. The van der Waals surface area contributed by atoms with Gasteiger partial charge in [-0.2, -0.15) is 5.10 Å². The van der Waals surface area contributed by atoms with Gasteiger partial charge in [0.15, 0.2) is 11.5 Å². The van der Waals surface area contributed by atoms with Crippen LogP contribution in [0.1, 0.15) is 57.4 Å². The number of rotatable bonds is 7. The van der Waals surface area contributed by atoms with E-state index in [1.54, 1.807) is 18.3 Å². The van der Waals surface area contributed by atoms with Gasteiger partial charge in [-0.15, -0.1) is 0 Å². The fraction of sp³-hybridized carbons (Fsp3) is 0.609. The summed E-state index contributed by atoms with van der Waals surface area (Å²) >= 11 is 0. The summed E-state index contributed by atoms with van der Waals surface area (Å²) in [4.78, 5) is 23.9. The van der Waals surface area contributed by atoms with Crippen molar-refractivity contribution >= 4 is 18.1 Å². The van der Waals surface area contributed by atoms with Crippen LogP contribution in [0, 0.1) is 23.2 Å². The van der Waals surface area contributed by atoms with Gasteiger partial charge in [-0.3, -0.25) is 9.59 Å². The Morgan fingerprint density at radius 3 is 2.07 bits per heavy atom. The van der Waals surface area contributed by atoms with E-state index >= 15 is 0 Å². The highest BCUT2D eigenvalue weighted by atomic mass is 16.6. The Labute approximate surface area is 177 Å². The third kappa shape index (κ3) is 4.30. The van der Waals surface area contributed by atoms with Gasteiger partial charge in [0, 0.05) is 18.9 Å². The van der Waals surface area contributed by atoms with E-state index < -0.39 is 5.97 Å². The molecule has 4 saturated carbocycles. The zero-order chi connectivity index (χ0) is 21.3. The lowest BCUT2D eigenvalue weighted by Crippen LogP contribution is -2.47. The van der Waals surface area contributed by atoms with Crippen LogP contribution in [0.25, 0.3) is 0 Å². The normalized spacial score (nSPS) is 29.1. The molecule has 7 heteroatoms. The van der Waals surface area contributed by atoms with Crippen LogP contribution in [0.3, 0.4) is 0 Å². The molecule has 30 heavy (non-hydrogen) atoms. The van der Waals surface area contributed by atoms with Crippen molar-refractivity contribution in [2.24, 2.45) is 28.3 Å². The molecule has 1 aromatic carbocycles. The van der Waals surface area contributed by atoms with Gasteiger partial charge in [-0.1, -0.05) is 0 Å². The molecule has 4 bridgehead atoms. The number of carbonyl (C=O) groups excluding carboxylic acids is 2. The van der Waals surface area contributed by atoms with E-state index in [9.17, 15) is 9.59 Å². The van der Waals surface area contributed by atoms with E-state index in [-0.39, 0.29) is 17.1 Å². The number of hydrogen-bond acceptors (Lipinski definition) is 6. The van der Waals surface area contributed by atoms with Crippen molar-refractivity contribution in [2.75, 3.05) is 14.2 Å². The van der Waals surface area contributed by atoms with Crippen molar-refractivity contribution in [1.29, 1.82) is 0 Å². The van der Waals surface area contributed by atoms with Crippen molar-refractivity contribution in [1.82, 2.24) is 5.43 Å². The minimum absolute atomic E-state index is 0.0244. The molecule has 4 aliphatic rings. The van der Waals surface area contributed by atoms with Crippen LogP contribution >= 0.6 is 0 Å². The molecule has 0 spiro atoms. The van der Waals surface area contributed by atoms with Crippen LogP contribution in [-0.2, 0) is 9.59 Å². The summed E-state index contributed by atoms with van der Waals surface area (Å²) < 4.78 is 15.8. The van der Waals surface area contributed by atoms with Gasteiger partial charge in [0.1, 0.15) is 0 Å². The Hall–Kier alpha value is -2.57. The summed E-state index contributed by atoms with van der Waals surface area (Å²) in [7, 11) is 2.96. The lowest BCUT2D eigenvalue weighted by atomic mass is 9.49. The number of esters is 1. The molecule has 0 heterocycles. The molecule has 0 radical (unpaired) electrons. The fourth-order valence-corrected chi connectivity index (χ4v) is 6.28. The van der Waals surface area contributed by atoms with E-state index in [1.807, 2.05) is 0 Å². The number of ether oxygens (including phenoxy) is 3. The smallest absolute Gasteiger partial charge is 0.308 e. The number of nitrogens with zero attached hydrogens (tertiary/aromatic N) is 1.